The maximum atomic E-state index is 12.0. The van der Waals surface area contributed by atoms with Gasteiger partial charge in [0, 0.05) is 27.7 Å². The monoisotopic (exact) mass is 254 g/mol. The van der Waals surface area contributed by atoms with Crippen LogP contribution in [0.3, 0.4) is 0 Å². The fraction of sp³-hybridized carbons (Fsp3) is 0.750. The standard InChI is InChI=1S/C12H22N4O2/c1-5-6-7-8-9-16-11(17)13-10(14(2)3)15(4)12(16)18/h5-9H2,1-4H3. The van der Waals surface area contributed by atoms with Crippen molar-refractivity contribution in [1.82, 2.24) is 14.1 Å². The van der Waals surface area contributed by atoms with Gasteiger partial charge in [-0.25, -0.2) is 14.2 Å². The number of anilines is 1. The summed E-state index contributed by atoms with van der Waals surface area (Å²) >= 11 is 0. The fourth-order valence-electron chi connectivity index (χ4n) is 1.86. The molecule has 0 bridgehead atoms. The summed E-state index contributed by atoms with van der Waals surface area (Å²) in [4.78, 5) is 29.4. The zero-order valence-electron chi connectivity index (χ0n) is 11.6. The first-order chi connectivity index (χ1) is 8.49. The van der Waals surface area contributed by atoms with Gasteiger partial charge >= 0.3 is 11.4 Å². The van der Waals surface area contributed by atoms with Crippen LogP contribution in [0.4, 0.5) is 5.95 Å². The highest BCUT2D eigenvalue weighted by atomic mass is 16.2. The van der Waals surface area contributed by atoms with Gasteiger partial charge in [-0.3, -0.25) is 4.57 Å². The van der Waals surface area contributed by atoms with Gasteiger partial charge in [-0.1, -0.05) is 26.2 Å². The van der Waals surface area contributed by atoms with Gasteiger partial charge in [0.2, 0.25) is 5.95 Å². The summed E-state index contributed by atoms with van der Waals surface area (Å²) < 4.78 is 2.61. The van der Waals surface area contributed by atoms with Gasteiger partial charge in [0.15, 0.2) is 0 Å². The van der Waals surface area contributed by atoms with E-state index in [0.29, 0.717) is 12.5 Å². The van der Waals surface area contributed by atoms with E-state index in [9.17, 15) is 9.59 Å². The molecule has 0 fully saturated rings. The average Bonchev–Trinajstić information content (AvgIpc) is 2.32. The van der Waals surface area contributed by atoms with Crippen LogP contribution in [0.1, 0.15) is 32.6 Å². The predicted molar refractivity (Wildman–Crippen MR) is 72.2 cm³/mol. The molecule has 102 valence electrons. The molecule has 1 rings (SSSR count). The van der Waals surface area contributed by atoms with Gasteiger partial charge in [0.1, 0.15) is 0 Å². The van der Waals surface area contributed by atoms with Crippen LogP contribution >= 0.6 is 0 Å². The third kappa shape index (κ3) is 3.21. The molecule has 0 spiro atoms. The second kappa shape index (κ2) is 6.37. The van der Waals surface area contributed by atoms with Crippen molar-refractivity contribution in [2.75, 3.05) is 19.0 Å². The van der Waals surface area contributed by atoms with Crippen molar-refractivity contribution in [3.8, 4) is 0 Å². The Morgan fingerprint density at radius 3 is 2.39 bits per heavy atom. The fourth-order valence-corrected chi connectivity index (χ4v) is 1.86. The van der Waals surface area contributed by atoms with Crippen molar-refractivity contribution >= 4 is 5.95 Å². The Bertz CT molecular complexity index is 502. The highest BCUT2D eigenvalue weighted by molar-refractivity contribution is 5.25. The molecule has 0 aliphatic carbocycles. The van der Waals surface area contributed by atoms with Crippen molar-refractivity contribution in [2.45, 2.75) is 39.2 Å². The van der Waals surface area contributed by atoms with Crippen LogP contribution in [0.2, 0.25) is 0 Å². The highest BCUT2D eigenvalue weighted by Crippen LogP contribution is 2.01. The third-order valence-corrected chi connectivity index (χ3v) is 2.88. The molecular formula is C12H22N4O2. The van der Waals surface area contributed by atoms with Gasteiger partial charge < -0.3 is 4.90 Å². The van der Waals surface area contributed by atoms with E-state index >= 15 is 0 Å². The topological polar surface area (TPSA) is 60.1 Å². The Hall–Kier alpha value is -1.59. The van der Waals surface area contributed by atoms with E-state index < -0.39 is 5.69 Å². The number of aromatic nitrogens is 3. The molecule has 0 aliphatic heterocycles. The largest absolute Gasteiger partial charge is 0.354 e. The van der Waals surface area contributed by atoms with Crippen molar-refractivity contribution in [2.24, 2.45) is 7.05 Å². The highest BCUT2D eigenvalue weighted by Gasteiger charge is 2.10. The van der Waals surface area contributed by atoms with Crippen LogP contribution in [0.25, 0.3) is 0 Å². The molecule has 0 amide bonds. The van der Waals surface area contributed by atoms with Gasteiger partial charge in [-0.15, -0.1) is 0 Å². The SMILES string of the molecule is CCCCCCn1c(=O)nc(N(C)C)n(C)c1=O. The van der Waals surface area contributed by atoms with Crippen LogP contribution in [-0.4, -0.2) is 28.2 Å². The third-order valence-electron chi connectivity index (χ3n) is 2.88. The Balaban J connectivity index is 2.97. The van der Waals surface area contributed by atoms with E-state index in [1.165, 1.54) is 9.13 Å². The lowest BCUT2D eigenvalue weighted by Gasteiger charge is -2.15. The van der Waals surface area contributed by atoms with Crippen LogP contribution < -0.4 is 16.3 Å². The molecule has 6 heteroatoms. The van der Waals surface area contributed by atoms with Gasteiger partial charge in [-0.2, -0.15) is 4.98 Å². The molecule has 0 aliphatic rings. The molecule has 0 N–H and O–H groups in total. The second-order valence-electron chi connectivity index (χ2n) is 4.64. The zero-order valence-corrected chi connectivity index (χ0v) is 11.6. The van der Waals surface area contributed by atoms with Crippen molar-refractivity contribution < 1.29 is 0 Å². The second-order valence-corrected chi connectivity index (χ2v) is 4.64. The average molecular weight is 254 g/mol. The van der Waals surface area contributed by atoms with Crippen LogP contribution in [0, 0.1) is 0 Å². The van der Waals surface area contributed by atoms with Crippen LogP contribution in [-0.2, 0) is 13.6 Å². The molecule has 0 radical (unpaired) electrons. The Labute approximate surface area is 107 Å². The number of unbranched alkanes of at least 4 members (excludes halogenated alkanes) is 3. The molecule has 0 saturated heterocycles. The predicted octanol–water partition coefficient (Wildman–Crippen LogP) is 0.588. The minimum absolute atomic E-state index is 0.296. The van der Waals surface area contributed by atoms with Crippen LogP contribution in [0.15, 0.2) is 9.59 Å². The molecule has 18 heavy (non-hydrogen) atoms. The molecule has 1 aromatic rings. The smallest absolute Gasteiger partial charge is 0.348 e. The van der Waals surface area contributed by atoms with Gasteiger partial charge in [0.25, 0.3) is 0 Å². The first-order valence-corrected chi connectivity index (χ1v) is 6.34. The van der Waals surface area contributed by atoms with Gasteiger partial charge in [0.05, 0.1) is 0 Å². The van der Waals surface area contributed by atoms with Crippen molar-refractivity contribution in [1.29, 1.82) is 0 Å². The summed E-state index contributed by atoms with van der Waals surface area (Å²) in [7, 11) is 5.15. The van der Waals surface area contributed by atoms with E-state index in [4.69, 9.17) is 0 Å². The van der Waals surface area contributed by atoms with Crippen molar-refractivity contribution in [3.63, 3.8) is 0 Å². The molecule has 0 aromatic carbocycles. The maximum absolute atomic E-state index is 12.0. The summed E-state index contributed by atoms with van der Waals surface area (Å²) in [5, 5.41) is 0. The molecule has 0 saturated carbocycles. The number of rotatable bonds is 6. The summed E-state index contributed by atoms with van der Waals surface area (Å²) in [6, 6.07) is 0. The molecule has 6 nitrogen and oxygen atoms in total. The van der Waals surface area contributed by atoms with E-state index in [1.54, 1.807) is 26.0 Å². The Morgan fingerprint density at radius 1 is 1.17 bits per heavy atom. The molecule has 0 unspecified atom stereocenters. The Kier molecular flexibility index (Phi) is 5.12. The van der Waals surface area contributed by atoms with Gasteiger partial charge in [-0.05, 0) is 6.42 Å². The summed E-state index contributed by atoms with van der Waals surface area (Å²) in [5.74, 6) is 0.384. The zero-order chi connectivity index (χ0) is 13.7. The first-order valence-electron chi connectivity index (χ1n) is 6.34. The minimum atomic E-state index is -0.460. The summed E-state index contributed by atoms with van der Waals surface area (Å²) in [6.07, 6.45) is 4.12. The first kappa shape index (κ1) is 14.5. The molecule has 1 aromatic heterocycles. The number of nitrogens with zero attached hydrogens (tertiary/aromatic N) is 4. The number of hydrogen-bond acceptors (Lipinski definition) is 4. The Morgan fingerprint density at radius 2 is 1.83 bits per heavy atom. The molecule has 0 atom stereocenters. The quantitative estimate of drug-likeness (QED) is 0.697. The molecule has 1 heterocycles. The maximum Gasteiger partial charge on any atom is 0.354 e. The van der Waals surface area contributed by atoms with E-state index in [1.807, 2.05) is 0 Å². The molecular weight excluding hydrogens is 232 g/mol. The summed E-state index contributed by atoms with van der Waals surface area (Å²) in [5.41, 5.74) is -0.756. The van der Waals surface area contributed by atoms with Crippen LogP contribution in [0.5, 0.6) is 0 Å². The lowest BCUT2D eigenvalue weighted by molar-refractivity contribution is 0.517. The normalized spacial score (nSPS) is 10.7. The van der Waals surface area contributed by atoms with Crippen molar-refractivity contribution in [3.05, 3.63) is 21.0 Å². The van der Waals surface area contributed by atoms with E-state index in [2.05, 4.69) is 11.9 Å². The van der Waals surface area contributed by atoms with E-state index in [-0.39, 0.29) is 5.69 Å². The number of hydrogen-bond donors (Lipinski definition) is 0. The lowest BCUT2D eigenvalue weighted by atomic mass is 10.2. The minimum Gasteiger partial charge on any atom is -0.348 e. The summed E-state index contributed by atoms with van der Waals surface area (Å²) in [6.45, 7) is 2.57. The lowest BCUT2D eigenvalue weighted by Crippen LogP contribution is -2.43. The van der Waals surface area contributed by atoms with E-state index in [0.717, 1.165) is 25.7 Å².